The molecule has 130 valence electrons. The van der Waals surface area contributed by atoms with E-state index in [4.69, 9.17) is 0 Å². The first-order valence-electron chi connectivity index (χ1n) is 8.85. The normalized spacial score (nSPS) is 23.1. The number of aliphatic imine (C=N–C) groups is 1. The number of hydrogen-bond donors (Lipinski definition) is 2. The van der Waals surface area contributed by atoms with Crippen LogP contribution >= 0.6 is 24.0 Å². The van der Waals surface area contributed by atoms with E-state index in [1.165, 1.54) is 64.6 Å². The second-order valence-electron chi connectivity index (χ2n) is 7.20. The predicted octanol–water partition coefficient (Wildman–Crippen LogP) is 3.22. The summed E-state index contributed by atoms with van der Waals surface area (Å²) in [7, 11) is 1.89. The SMILES string of the molecule is CCCN1CCC(NC(=NC)NCC2(C)CCCC2)CC1.I. The Morgan fingerprint density at radius 1 is 1.23 bits per heavy atom. The molecule has 2 fully saturated rings. The molecule has 0 aromatic rings. The molecule has 1 heterocycles. The van der Waals surface area contributed by atoms with Crippen LogP contribution in [-0.4, -0.2) is 50.1 Å². The minimum absolute atomic E-state index is 0. The van der Waals surface area contributed by atoms with Gasteiger partial charge in [0.1, 0.15) is 0 Å². The molecule has 0 radical (unpaired) electrons. The van der Waals surface area contributed by atoms with Gasteiger partial charge < -0.3 is 15.5 Å². The highest BCUT2D eigenvalue weighted by molar-refractivity contribution is 14.0. The van der Waals surface area contributed by atoms with Crippen LogP contribution in [0.1, 0.15) is 58.8 Å². The molecule has 0 aromatic heterocycles. The summed E-state index contributed by atoms with van der Waals surface area (Å²) in [6.45, 7) is 9.42. The van der Waals surface area contributed by atoms with Crippen molar-refractivity contribution in [2.75, 3.05) is 33.2 Å². The van der Waals surface area contributed by atoms with Crippen molar-refractivity contribution in [3.63, 3.8) is 0 Å². The van der Waals surface area contributed by atoms with Gasteiger partial charge >= 0.3 is 0 Å². The van der Waals surface area contributed by atoms with Crippen LogP contribution in [0.2, 0.25) is 0 Å². The zero-order valence-corrected chi connectivity index (χ0v) is 17.0. The molecule has 22 heavy (non-hydrogen) atoms. The van der Waals surface area contributed by atoms with Crippen molar-refractivity contribution >= 4 is 29.9 Å². The van der Waals surface area contributed by atoms with Crippen LogP contribution in [0.3, 0.4) is 0 Å². The van der Waals surface area contributed by atoms with Crippen LogP contribution in [0, 0.1) is 5.41 Å². The van der Waals surface area contributed by atoms with Crippen LogP contribution in [0.25, 0.3) is 0 Å². The van der Waals surface area contributed by atoms with Crippen LogP contribution in [0.5, 0.6) is 0 Å². The summed E-state index contributed by atoms with van der Waals surface area (Å²) in [5, 5.41) is 7.18. The van der Waals surface area contributed by atoms with Gasteiger partial charge in [-0.15, -0.1) is 24.0 Å². The zero-order valence-electron chi connectivity index (χ0n) is 14.7. The Hall–Kier alpha value is -0.0400. The number of piperidine rings is 1. The monoisotopic (exact) mass is 422 g/mol. The molecule has 0 bridgehead atoms. The van der Waals surface area contributed by atoms with E-state index < -0.39 is 0 Å². The number of nitrogens with zero attached hydrogens (tertiary/aromatic N) is 2. The van der Waals surface area contributed by atoms with Crippen LogP contribution in [-0.2, 0) is 0 Å². The summed E-state index contributed by atoms with van der Waals surface area (Å²) in [4.78, 5) is 6.99. The van der Waals surface area contributed by atoms with E-state index in [-0.39, 0.29) is 24.0 Å². The van der Waals surface area contributed by atoms with Gasteiger partial charge in [-0.25, -0.2) is 0 Å². The van der Waals surface area contributed by atoms with Crippen molar-refractivity contribution in [1.82, 2.24) is 15.5 Å². The predicted molar refractivity (Wildman–Crippen MR) is 106 cm³/mol. The number of likely N-dealkylation sites (tertiary alicyclic amines) is 1. The van der Waals surface area contributed by atoms with Crippen LogP contribution in [0.15, 0.2) is 4.99 Å². The van der Waals surface area contributed by atoms with E-state index >= 15 is 0 Å². The Morgan fingerprint density at radius 3 is 2.41 bits per heavy atom. The maximum atomic E-state index is 4.41. The van der Waals surface area contributed by atoms with Crippen molar-refractivity contribution in [3.05, 3.63) is 0 Å². The van der Waals surface area contributed by atoms with Gasteiger partial charge in [-0.3, -0.25) is 4.99 Å². The molecule has 0 spiro atoms. The Kier molecular flexibility index (Phi) is 9.05. The van der Waals surface area contributed by atoms with Crippen LogP contribution < -0.4 is 10.6 Å². The van der Waals surface area contributed by atoms with Crippen molar-refractivity contribution in [1.29, 1.82) is 0 Å². The van der Waals surface area contributed by atoms with E-state index in [0.717, 1.165) is 12.5 Å². The fourth-order valence-corrected chi connectivity index (χ4v) is 3.71. The van der Waals surface area contributed by atoms with E-state index in [1.54, 1.807) is 0 Å². The van der Waals surface area contributed by atoms with Gasteiger partial charge in [0.05, 0.1) is 0 Å². The third-order valence-electron chi connectivity index (χ3n) is 5.19. The fourth-order valence-electron chi connectivity index (χ4n) is 3.71. The summed E-state index contributed by atoms with van der Waals surface area (Å²) in [5.41, 5.74) is 0.474. The Morgan fingerprint density at radius 2 is 1.86 bits per heavy atom. The van der Waals surface area contributed by atoms with Gasteiger partial charge in [-0.2, -0.15) is 0 Å². The fraction of sp³-hybridized carbons (Fsp3) is 0.941. The lowest BCUT2D eigenvalue weighted by Gasteiger charge is -2.33. The molecule has 1 aliphatic carbocycles. The minimum atomic E-state index is 0. The molecule has 0 aromatic carbocycles. The van der Waals surface area contributed by atoms with E-state index in [9.17, 15) is 0 Å². The molecular formula is C17H35IN4. The molecular weight excluding hydrogens is 387 g/mol. The molecule has 5 heteroatoms. The lowest BCUT2D eigenvalue weighted by atomic mass is 9.89. The molecule has 1 saturated heterocycles. The third-order valence-corrected chi connectivity index (χ3v) is 5.19. The van der Waals surface area contributed by atoms with Crippen molar-refractivity contribution in [3.8, 4) is 0 Å². The van der Waals surface area contributed by atoms with Crippen molar-refractivity contribution < 1.29 is 0 Å². The van der Waals surface area contributed by atoms with E-state index in [2.05, 4.69) is 34.4 Å². The third kappa shape index (κ3) is 6.22. The zero-order chi connectivity index (χ0) is 15.1. The van der Waals surface area contributed by atoms with Gasteiger partial charge in [0.15, 0.2) is 5.96 Å². The molecule has 2 aliphatic rings. The lowest BCUT2D eigenvalue weighted by Crippen LogP contribution is -2.50. The molecule has 4 nitrogen and oxygen atoms in total. The first-order valence-corrected chi connectivity index (χ1v) is 8.85. The lowest BCUT2D eigenvalue weighted by molar-refractivity contribution is 0.206. The molecule has 0 atom stereocenters. The second-order valence-corrected chi connectivity index (χ2v) is 7.20. The maximum absolute atomic E-state index is 4.41. The maximum Gasteiger partial charge on any atom is 0.191 e. The summed E-state index contributed by atoms with van der Waals surface area (Å²) < 4.78 is 0. The smallest absolute Gasteiger partial charge is 0.191 e. The molecule has 0 amide bonds. The van der Waals surface area contributed by atoms with E-state index in [0.29, 0.717) is 11.5 Å². The topological polar surface area (TPSA) is 39.7 Å². The molecule has 2 rings (SSSR count). The van der Waals surface area contributed by atoms with Gasteiger partial charge in [-0.1, -0.05) is 26.7 Å². The molecule has 0 unspecified atom stereocenters. The van der Waals surface area contributed by atoms with Crippen molar-refractivity contribution in [2.24, 2.45) is 10.4 Å². The standard InChI is InChI=1S/C17H34N4.HI/c1-4-11-21-12-7-15(8-13-21)20-16(18-3)19-14-17(2)9-5-6-10-17;/h15H,4-14H2,1-3H3,(H2,18,19,20);1H. The Balaban J connectivity index is 0.00000242. The molecule has 1 aliphatic heterocycles. The van der Waals surface area contributed by atoms with Gasteiger partial charge in [0.25, 0.3) is 0 Å². The first-order chi connectivity index (χ1) is 10.1. The summed E-state index contributed by atoms with van der Waals surface area (Å²) >= 11 is 0. The van der Waals surface area contributed by atoms with Gasteiger partial charge in [0.2, 0.25) is 0 Å². The Labute approximate surface area is 153 Å². The summed E-state index contributed by atoms with van der Waals surface area (Å²) in [6.07, 6.45) is 9.22. The highest BCUT2D eigenvalue weighted by atomic mass is 127. The Bertz CT molecular complexity index is 332. The summed E-state index contributed by atoms with van der Waals surface area (Å²) in [5.74, 6) is 0.997. The number of halogens is 1. The molecule has 2 N–H and O–H groups in total. The highest BCUT2D eigenvalue weighted by Crippen LogP contribution is 2.36. The highest BCUT2D eigenvalue weighted by Gasteiger charge is 2.29. The largest absolute Gasteiger partial charge is 0.356 e. The summed E-state index contributed by atoms with van der Waals surface area (Å²) in [6, 6.07) is 0.584. The minimum Gasteiger partial charge on any atom is -0.356 e. The van der Waals surface area contributed by atoms with Crippen molar-refractivity contribution in [2.45, 2.75) is 64.8 Å². The van der Waals surface area contributed by atoms with Gasteiger partial charge in [0, 0.05) is 32.7 Å². The first kappa shape index (κ1) is 20.0. The average Bonchev–Trinajstić information content (AvgIpc) is 2.93. The number of hydrogen-bond acceptors (Lipinski definition) is 2. The average molecular weight is 422 g/mol. The quantitative estimate of drug-likeness (QED) is 0.406. The van der Waals surface area contributed by atoms with Crippen LogP contribution in [0.4, 0.5) is 0 Å². The number of guanidine groups is 1. The molecule has 1 saturated carbocycles. The number of rotatable bonds is 5. The van der Waals surface area contributed by atoms with Gasteiger partial charge in [-0.05, 0) is 44.1 Å². The second kappa shape index (κ2) is 9.96. The number of nitrogens with one attached hydrogen (secondary N) is 2. The van der Waals surface area contributed by atoms with E-state index in [1.807, 2.05) is 7.05 Å².